The number of rotatable bonds is 5. The molecule has 9 heteroatoms. The van der Waals surface area contributed by atoms with Crippen molar-refractivity contribution >= 4 is 23.2 Å². The van der Waals surface area contributed by atoms with Crippen molar-refractivity contribution in [2.45, 2.75) is 13.3 Å². The van der Waals surface area contributed by atoms with E-state index >= 15 is 0 Å². The summed E-state index contributed by atoms with van der Waals surface area (Å²) < 4.78 is 4.80. The number of carbonyl (C=O) groups is 1. The Morgan fingerprint density at radius 1 is 1.52 bits per heavy atom. The van der Waals surface area contributed by atoms with Gasteiger partial charge in [0, 0.05) is 26.0 Å². The zero-order valence-electron chi connectivity index (χ0n) is 11.0. The van der Waals surface area contributed by atoms with E-state index in [9.17, 15) is 14.9 Å². The highest BCUT2D eigenvalue weighted by molar-refractivity contribution is 6.35. The standard InChI is InChI=1S/C12H11ClN4O4/c1-7-15-10(16-21-7)5-6-14-12(18)8-3-2-4-9(11(8)13)17(19)20/h2-4H,5-6H2,1H3,(H,14,18). The molecule has 0 spiro atoms. The van der Waals surface area contributed by atoms with Gasteiger partial charge >= 0.3 is 0 Å². The van der Waals surface area contributed by atoms with Crippen LogP contribution in [0.4, 0.5) is 5.69 Å². The maximum atomic E-state index is 12.0. The fraction of sp³-hybridized carbons (Fsp3) is 0.250. The minimum atomic E-state index is -0.638. The molecule has 2 rings (SSSR count). The summed E-state index contributed by atoms with van der Waals surface area (Å²) in [6.07, 6.45) is 0.385. The molecule has 0 unspecified atom stereocenters. The third-order valence-corrected chi connectivity index (χ3v) is 3.02. The quantitative estimate of drug-likeness (QED) is 0.667. The van der Waals surface area contributed by atoms with Gasteiger partial charge in [-0.05, 0) is 6.07 Å². The van der Waals surface area contributed by atoms with Crippen LogP contribution in [0, 0.1) is 17.0 Å². The summed E-state index contributed by atoms with van der Waals surface area (Å²) in [5.74, 6) is 0.417. The van der Waals surface area contributed by atoms with Crippen molar-refractivity contribution < 1.29 is 14.2 Å². The normalized spacial score (nSPS) is 10.4. The molecule has 0 fully saturated rings. The maximum absolute atomic E-state index is 12.0. The summed E-state index contributed by atoms with van der Waals surface area (Å²) in [7, 11) is 0. The van der Waals surface area contributed by atoms with Crippen LogP contribution in [-0.4, -0.2) is 27.5 Å². The zero-order chi connectivity index (χ0) is 15.4. The summed E-state index contributed by atoms with van der Waals surface area (Å²) in [4.78, 5) is 26.1. The SMILES string of the molecule is Cc1nc(CCNC(=O)c2cccc([N+](=O)[O-])c2Cl)no1. The van der Waals surface area contributed by atoms with Crippen molar-refractivity contribution in [1.29, 1.82) is 0 Å². The van der Waals surface area contributed by atoms with E-state index in [1.54, 1.807) is 6.92 Å². The molecule has 1 heterocycles. The van der Waals surface area contributed by atoms with Crippen molar-refractivity contribution in [2.24, 2.45) is 0 Å². The Bertz CT molecular complexity index is 686. The van der Waals surface area contributed by atoms with E-state index in [4.69, 9.17) is 16.1 Å². The fourth-order valence-electron chi connectivity index (χ4n) is 1.66. The number of amides is 1. The van der Waals surface area contributed by atoms with Crippen molar-refractivity contribution in [1.82, 2.24) is 15.5 Å². The number of benzene rings is 1. The van der Waals surface area contributed by atoms with E-state index in [1.807, 2.05) is 0 Å². The van der Waals surface area contributed by atoms with Crippen molar-refractivity contribution in [2.75, 3.05) is 6.54 Å². The number of aryl methyl sites for hydroxylation is 1. The van der Waals surface area contributed by atoms with Crippen LogP contribution in [0.2, 0.25) is 5.02 Å². The number of aromatic nitrogens is 2. The molecule has 1 aromatic carbocycles. The molecule has 0 radical (unpaired) electrons. The summed E-state index contributed by atoms with van der Waals surface area (Å²) >= 11 is 5.86. The largest absolute Gasteiger partial charge is 0.352 e. The second-order valence-electron chi connectivity index (χ2n) is 4.13. The van der Waals surface area contributed by atoms with E-state index < -0.39 is 10.8 Å². The molecule has 0 saturated carbocycles. The minimum Gasteiger partial charge on any atom is -0.352 e. The van der Waals surface area contributed by atoms with Crippen LogP contribution in [-0.2, 0) is 6.42 Å². The van der Waals surface area contributed by atoms with Crippen molar-refractivity contribution in [3.8, 4) is 0 Å². The Morgan fingerprint density at radius 3 is 2.90 bits per heavy atom. The molecule has 8 nitrogen and oxygen atoms in total. The van der Waals surface area contributed by atoms with Crippen LogP contribution in [0.1, 0.15) is 22.1 Å². The number of hydrogen-bond donors (Lipinski definition) is 1. The Hall–Kier alpha value is -2.48. The van der Waals surface area contributed by atoms with Gasteiger partial charge in [0.1, 0.15) is 5.02 Å². The van der Waals surface area contributed by atoms with Gasteiger partial charge in [0.2, 0.25) is 5.89 Å². The predicted molar refractivity (Wildman–Crippen MR) is 73.2 cm³/mol. The monoisotopic (exact) mass is 310 g/mol. The molecule has 110 valence electrons. The molecular formula is C12H11ClN4O4. The smallest absolute Gasteiger partial charge is 0.288 e. The number of nitro benzene ring substituents is 1. The summed E-state index contributed by atoms with van der Waals surface area (Å²) in [5, 5.41) is 16.9. The van der Waals surface area contributed by atoms with Gasteiger partial charge in [-0.2, -0.15) is 4.98 Å². The lowest BCUT2D eigenvalue weighted by atomic mass is 10.2. The lowest BCUT2D eigenvalue weighted by Gasteiger charge is -2.05. The van der Waals surface area contributed by atoms with Gasteiger partial charge in [0.25, 0.3) is 11.6 Å². The van der Waals surface area contributed by atoms with Crippen LogP contribution in [0.5, 0.6) is 0 Å². The zero-order valence-corrected chi connectivity index (χ0v) is 11.8. The number of nitrogens with zero attached hydrogens (tertiary/aromatic N) is 3. The molecule has 1 aromatic heterocycles. The summed E-state index contributed by atoms with van der Waals surface area (Å²) in [6, 6.07) is 4.06. The van der Waals surface area contributed by atoms with Crippen LogP contribution < -0.4 is 5.32 Å². The number of halogens is 1. The summed E-state index contributed by atoms with van der Waals surface area (Å²) in [5.41, 5.74) is -0.256. The Morgan fingerprint density at radius 2 is 2.29 bits per heavy atom. The first kappa shape index (κ1) is 14.9. The van der Waals surface area contributed by atoms with Crippen LogP contribution in [0.15, 0.2) is 22.7 Å². The van der Waals surface area contributed by atoms with Crippen molar-refractivity contribution in [3.63, 3.8) is 0 Å². The molecule has 21 heavy (non-hydrogen) atoms. The number of carbonyl (C=O) groups excluding carboxylic acids is 1. The molecule has 0 atom stereocenters. The molecule has 0 saturated heterocycles. The predicted octanol–water partition coefficient (Wildman–Crippen LogP) is 1.91. The second kappa shape index (κ2) is 6.31. The third kappa shape index (κ3) is 3.54. The average Bonchev–Trinajstić information content (AvgIpc) is 2.84. The molecule has 0 bridgehead atoms. The minimum absolute atomic E-state index is 0.0511. The molecule has 2 aromatic rings. The number of hydrogen-bond acceptors (Lipinski definition) is 6. The first-order valence-electron chi connectivity index (χ1n) is 5.99. The van der Waals surface area contributed by atoms with E-state index in [1.165, 1.54) is 18.2 Å². The Balaban J connectivity index is 2.00. The molecule has 1 amide bonds. The molecule has 0 aliphatic heterocycles. The van der Waals surface area contributed by atoms with E-state index in [0.29, 0.717) is 18.1 Å². The van der Waals surface area contributed by atoms with Gasteiger partial charge in [0.15, 0.2) is 5.82 Å². The topological polar surface area (TPSA) is 111 Å². The third-order valence-electron chi connectivity index (χ3n) is 2.62. The van der Waals surface area contributed by atoms with E-state index in [-0.39, 0.29) is 22.8 Å². The fourth-order valence-corrected chi connectivity index (χ4v) is 1.94. The highest BCUT2D eigenvalue weighted by Gasteiger charge is 2.19. The Labute approximate surface area is 124 Å². The first-order valence-corrected chi connectivity index (χ1v) is 6.37. The van der Waals surface area contributed by atoms with Crippen LogP contribution in [0.3, 0.4) is 0 Å². The lowest BCUT2D eigenvalue weighted by molar-refractivity contribution is -0.384. The summed E-state index contributed by atoms with van der Waals surface area (Å²) in [6.45, 7) is 1.93. The number of nitro groups is 1. The van der Waals surface area contributed by atoms with Crippen LogP contribution >= 0.6 is 11.6 Å². The molecule has 1 N–H and O–H groups in total. The highest BCUT2D eigenvalue weighted by Crippen LogP contribution is 2.27. The number of nitrogens with one attached hydrogen (secondary N) is 1. The van der Waals surface area contributed by atoms with E-state index in [2.05, 4.69) is 15.5 Å². The average molecular weight is 311 g/mol. The van der Waals surface area contributed by atoms with Gasteiger partial charge < -0.3 is 9.84 Å². The lowest BCUT2D eigenvalue weighted by Crippen LogP contribution is -2.26. The highest BCUT2D eigenvalue weighted by atomic mass is 35.5. The molecule has 0 aliphatic carbocycles. The molecular weight excluding hydrogens is 300 g/mol. The van der Waals surface area contributed by atoms with Gasteiger partial charge in [-0.3, -0.25) is 14.9 Å². The van der Waals surface area contributed by atoms with Gasteiger partial charge in [-0.15, -0.1) is 0 Å². The first-order chi connectivity index (χ1) is 9.99. The Kier molecular flexibility index (Phi) is 4.49. The maximum Gasteiger partial charge on any atom is 0.288 e. The second-order valence-corrected chi connectivity index (χ2v) is 4.51. The van der Waals surface area contributed by atoms with Gasteiger partial charge in [-0.25, -0.2) is 0 Å². The van der Waals surface area contributed by atoms with Crippen molar-refractivity contribution in [3.05, 3.63) is 50.6 Å². The van der Waals surface area contributed by atoms with Gasteiger partial charge in [0.05, 0.1) is 10.5 Å². The van der Waals surface area contributed by atoms with E-state index in [0.717, 1.165) is 0 Å². The molecule has 0 aliphatic rings. The van der Waals surface area contributed by atoms with Gasteiger partial charge in [-0.1, -0.05) is 22.8 Å². The van der Waals surface area contributed by atoms with Crippen LogP contribution in [0.25, 0.3) is 0 Å².